The van der Waals surface area contributed by atoms with Gasteiger partial charge in [-0.15, -0.1) is 0 Å². The van der Waals surface area contributed by atoms with Crippen LogP contribution in [0.5, 0.6) is 0 Å². The van der Waals surface area contributed by atoms with E-state index in [0.717, 1.165) is 15.3 Å². The van der Waals surface area contributed by atoms with E-state index in [-0.39, 0.29) is 24.6 Å². The standard InChI is InChI=1S/C29H40N2O6Si/c1-27(2,3)37-25(33)30-20-29(7)18-21(31(24(29)32)26(34)35)19-36-38(28(4,5)6,22-14-10-8-11-15-22)23-16-12-9-13-17-23/h8-17,21H,18-20H2,1-7H3,(H,30,33)(H,34,35)/t21-,29-/m0/s1. The summed E-state index contributed by atoms with van der Waals surface area (Å²) in [5.41, 5.74) is -1.81. The van der Waals surface area contributed by atoms with Gasteiger partial charge in [0, 0.05) is 6.54 Å². The van der Waals surface area contributed by atoms with Crippen molar-refractivity contribution in [1.29, 1.82) is 0 Å². The van der Waals surface area contributed by atoms with Gasteiger partial charge in [-0.3, -0.25) is 4.79 Å². The lowest BCUT2D eigenvalue weighted by molar-refractivity contribution is -0.134. The first-order valence-electron chi connectivity index (χ1n) is 12.9. The van der Waals surface area contributed by atoms with E-state index < -0.39 is 43.5 Å². The van der Waals surface area contributed by atoms with Gasteiger partial charge in [0.25, 0.3) is 8.32 Å². The highest BCUT2D eigenvalue weighted by molar-refractivity contribution is 6.99. The average Bonchev–Trinajstić information content (AvgIpc) is 3.08. The topological polar surface area (TPSA) is 105 Å². The van der Waals surface area contributed by atoms with Crippen molar-refractivity contribution in [1.82, 2.24) is 10.2 Å². The molecule has 2 atom stereocenters. The Kier molecular flexibility index (Phi) is 8.43. The molecule has 2 N–H and O–H groups in total. The minimum absolute atomic E-state index is 0.0414. The Balaban J connectivity index is 1.93. The number of hydrogen-bond acceptors (Lipinski definition) is 5. The number of carboxylic acid groups (broad SMARTS) is 1. The molecule has 1 aliphatic heterocycles. The Bertz CT molecular complexity index is 1100. The van der Waals surface area contributed by atoms with Crippen molar-refractivity contribution < 1.29 is 28.7 Å². The van der Waals surface area contributed by atoms with Crippen molar-refractivity contribution in [2.75, 3.05) is 13.2 Å². The van der Waals surface area contributed by atoms with Gasteiger partial charge in [-0.25, -0.2) is 14.5 Å². The summed E-state index contributed by atoms with van der Waals surface area (Å²) in [6.07, 6.45) is -1.76. The van der Waals surface area contributed by atoms with Crippen molar-refractivity contribution in [3.63, 3.8) is 0 Å². The lowest BCUT2D eigenvalue weighted by atomic mass is 9.87. The van der Waals surface area contributed by atoms with E-state index in [1.54, 1.807) is 27.7 Å². The van der Waals surface area contributed by atoms with Crippen molar-refractivity contribution in [3.8, 4) is 0 Å². The highest BCUT2D eigenvalue weighted by Gasteiger charge is 2.54. The number of likely N-dealkylation sites (tertiary alicyclic amines) is 1. The highest BCUT2D eigenvalue weighted by atomic mass is 28.4. The second-order valence-corrected chi connectivity index (χ2v) is 16.5. The molecule has 38 heavy (non-hydrogen) atoms. The average molecular weight is 541 g/mol. The summed E-state index contributed by atoms with van der Waals surface area (Å²) in [7, 11) is -2.93. The molecule has 0 aromatic heterocycles. The van der Waals surface area contributed by atoms with Crippen LogP contribution in [0.4, 0.5) is 9.59 Å². The van der Waals surface area contributed by atoms with Crippen LogP contribution in [0, 0.1) is 5.41 Å². The van der Waals surface area contributed by atoms with E-state index in [4.69, 9.17) is 9.16 Å². The van der Waals surface area contributed by atoms with Gasteiger partial charge in [0.05, 0.1) is 18.1 Å². The predicted octanol–water partition coefficient (Wildman–Crippen LogP) is 4.37. The second kappa shape index (κ2) is 10.9. The quantitative estimate of drug-likeness (QED) is 0.505. The number of carbonyl (C=O) groups is 3. The molecule has 1 aliphatic rings. The Morgan fingerprint density at radius 1 is 1.00 bits per heavy atom. The maximum Gasteiger partial charge on any atom is 0.414 e. The van der Waals surface area contributed by atoms with Crippen LogP contribution < -0.4 is 15.7 Å². The van der Waals surface area contributed by atoms with Crippen LogP contribution in [0.15, 0.2) is 60.7 Å². The van der Waals surface area contributed by atoms with Gasteiger partial charge >= 0.3 is 12.2 Å². The van der Waals surface area contributed by atoms with Crippen LogP contribution in [0.25, 0.3) is 0 Å². The Hall–Kier alpha value is -3.17. The van der Waals surface area contributed by atoms with E-state index in [1.165, 1.54) is 0 Å². The number of imide groups is 1. The van der Waals surface area contributed by atoms with Gasteiger partial charge in [-0.05, 0) is 49.5 Å². The monoisotopic (exact) mass is 540 g/mol. The minimum atomic E-state index is -2.93. The molecular weight excluding hydrogens is 500 g/mol. The van der Waals surface area contributed by atoms with E-state index in [9.17, 15) is 19.5 Å². The molecule has 8 nitrogen and oxygen atoms in total. The van der Waals surface area contributed by atoms with Crippen LogP contribution in [0.1, 0.15) is 54.9 Å². The third-order valence-electron chi connectivity index (χ3n) is 6.92. The van der Waals surface area contributed by atoms with E-state index in [2.05, 4.69) is 50.4 Å². The Labute approximate surface area is 226 Å². The maximum absolute atomic E-state index is 13.3. The van der Waals surface area contributed by atoms with E-state index >= 15 is 0 Å². The Morgan fingerprint density at radius 3 is 1.92 bits per heavy atom. The SMILES string of the molecule is CC(C)(C)OC(=O)NC[C@]1(C)C[C@@H](CO[Si](c2ccccc2)(c2ccccc2)C(C)(C)C)N(C(=O)O)C1=O. The summed E-state index contributed by atoms with van der Waals surface area (Å²) in [4.78, 5) is 38.7. The number of alkyl carbamates (subject to hydrolysis) is 1. The van der Waals surface area contributed by atoms with Crippen LogP contribution >= 0.6 is 0 Å². The van der Waals surface area contributed by atoms with Gasteiger partial charge in [0.1, 0.15) is 5.60 Å². The zero-order chi connectivity index (χ0) is 28.4. The molecule has 1 heterocycles. The lowest BCUT2D eigenvalue weighted by Gasteiger charge is -2.43. The zero-order valence-electron chi connectivity index (χ0n) is 23.4. The van der Waals surface area contributed by atoms with Crippen LogP contribution in [0.2, 0.25) is 5.04 Å². The first-order valence-corrected chi connectivity index (χ1v) is 14.8. The van der Waals surface area contributed by atoms with Crippen LogP contribution in [-0.2, 0) is 14.0 Å². The van der Waals surface area contributed by atoms with Crippen LogP contribution in [-0.4, -0.2) is 61.2 Å². The fourth-order valence-electron chi connectivity index (χ4n) is 5.24. The summed E-state index contributed by atoms with van der Waals surface area (Å²) in [5, 5.41) is 14.5. The molecule has 3 rings (SSSR count). The molecule has 0 spiro atoms. The maximum atomic E-state index is 13.3. The van der Waals surface area contributed by atoms with Crippen LogP contribution in [0.3, 0.4) is 0 Å². The number of hydrogen-bond donors (Lipinski definition) is 2. The van der Waals surface area contributed by atoms with E-state index in [1.807, 2.05) is 36.4 Å². The molecule has 1 saturated heterocycles. The second-order valence-electron chi connectivity index (χ2n) is 12.2. The fraction of sp³-hybridized carbons (Fsp3) is 0.483. The highest BCUT2D eigenvalue weighted by Crippen LogP contribution is 2.40. The lowest BCUT2D eigenvalue weighted by Crippen LogP contribution is -2.67. The summed E-state index contributed by atoms with van der Waals surface area (Å²) >= 11 is 0. The number of carbonyl (C=O) groups excluding carboxylic acids is 2. The third-order valence-corrected chi connectivity index (χ3v) is 11.9. The van der Waals surface area contributed by atoms with Crippen molar-refractivity contribution in [3.05, 3.63) is 60.7 Å². The fourth-order valence-corrected chi connectivity index (χ4v) is 9.84. The van der Waals surface area contributed by atoms with Crippen molar-refractivity contribution in [2.45, 2.75) is 71.6 Å². The number of nitrogens with zero attached hydrogens (tertiary/aromatic N) is 1. The third kappa shape index (κ3) is 6.10. The molecule has 1 fully saturated rings. The molecule has 0 unspecified atom stereocenters. The van der Waals surface area contributed by atoms with E-state index in [0.29, 0.717) is 0 Å². The molecule has 2 aromatic carbocycles. The van der Waals surface area contributed by atoms with Crippen molar-refractivity contribution in [2.24, 2.45) is 5.41 Å². The van der Waals surface area contributed by atoms with Gasteiger partial charge in [0.2, 0.25) is 5.91 Å². The zero-order valence-corrected chi connectivity index (χ0v) is 24.4. The summed E-state index contributed by atoms with van der Waals surface area (Å²) in [6.45, 7) is 13.4. The predicted molar refractivity (Wildman–Crippen MR) is 149 cm³/mol. The number of nitrogens with one attached hydrogen (secondary N) is 1. The molecule has 2 aromatic rings. The summed E-state index contributed by atoms with van der Waals surface area (Å²) < 4.78 is 12.2. The smallest absolute Gasteiger partial charge is 0.414 e. The van der Waals surface area contributed by atoms with Gasteiger partial charge < -0.3 is 19.6 Å². The molecular formula is C29H40N2O6Si. The van der Waals surface area contributed by atoms with Gasteiger partial charge in [-0.2, -0.15) is 0 Å². The first kappa shape index (κ1) is 29.4. The number of amides is 3. The molecule has 9 heteroatoms. The molecule has 206 valence electrons. The molecule has 0 bridgehead atoms. The molecule has 0 aliphatic carbocycles. The first-order chi connectivity index (χ1) is 17.6. The number of ether oxygens (including phenoxy) is 1. The minimum Gasteiger partial charge on any atom is -0.465 e. The molecule has 0 saturated carbocycles. The summed E-state index contributed by atoms with van der Waals surface area (Å²) in [6, 6.07) is 19.4. The van der Waals surface area contributed by atoms with Crippen molar-refractivity contribution >= 4 is 36.8 Å². The number of benzene rings is 2. The van der Waals surface area contributed by atoms with Gasteiger partial charge in [-0.1, -0.05) is 81.4 Å². The van der Waals surface area contributed by atoms with Gasteiger partial charge in [0.15, 0.2) is 0 Å². The molecule has 3 amide bonds. The Morgan fingerprint density at radius 2 is 1.50 bits per heavy atom. The largest absolute Gasteiger partial charge is 0.465 e. The molecule has 0 radical (unpaired) electrons. The number of rotatable bonds is 7. The summed E-state index contributed by atoms with van der Waals surface area (Å²) in [5.74, 6) is -0.558. The normalized spacial score (nSPS) is 20.3.